The predicted molar refractivity (Wildman–Crippen MR) is 106 cm³/mol. The van der Waals surface area contributed by atoms with Crippen molar-refractivity contribution in [2.75, 3.05) is 11.9 Å². The van der Waals surface area contributed by atoms with Crippen LogP contribution in [0.3, 0.4) is 0 Å². The number of hydrogen-bond donors (Lipinski definition) is 0. The molecular weight excluding hydrogens is 342 g/mol. The number of para-hydroxylation sites is 1. The molecule has 5 rings (SSSR count). The molecule has 0 atom stereocenters. The highest BCUT2D eigenvalue weighted by atomic mass is 32.1. The third kappa shape index (κ3) is 2.34. The predicted octanol–water partition coefficient (Wildman–Crippen LogP) is 4.77. The van der Waals surface area contributed by atoms with Crippen LogP contribution < -0.4 is 4.90 Å². The van der Waals surface area contributed by atoms with Gasteiger partial charge in [-0.25, -0.2) is 0 Å². The maximum absolute atomic E-state index is 4.75. The van der Waals surface area contributed by atoms with E-state index in [0.717, 1.165) is 22.4 Å². The van der Waals surface area contributed by atoms with Crippen molar-refractivity contribution in [2.45, 2.75) is 0 Å². The van der Waals surface area contributed by atoms with Crippen molar-refractivity contribution in [3.63, 3.8) is 0 Å². The minimum atomic E-state index is 0.596. The molecule has 0 aliphatic rings. The van der Waals surface area contributed by atoms with E-state index in [9.17, 15) is 0 Å². The lowest BCUT2D eigenvalue weighted by Gasteiger charge is -2.20. The average molecular weight is 357 g/mol. The van der Waals surface area contributed by atoms with Crippen molar-refractivity contribution in [2.24, 2.45) is 0 Å². The van der Waals surface area contributed by atoms with Crippen LogP contribution in [0.15, 0.2) is 72.4 Å². The monoisotopic (exact) mass is 357 g/mol. The van der Waals surface area contributed by atoms with Crippen molar-refractivity contribution in [3.8, 4) is 10.4 Å². The molecule has 0 fully saturated rings. The van der Waals surface area contributed by atoms with Crippen molar-refractivity contribution < 1.29 is 0 Å². The molecule has 126 valence electrons. The highest BCUT2D eigenvalue weighted by molar-refractivity contribution is 7.13. The number of anilines is 2. The summed E-state index contributed by atoms with van der Waals surface area (Å²) in [6, 6.07) is 20.9. The number of hydrogen-bond acceptors (Lipinski definition) is 5. The van der Waals surface area contributed by atoms with Crippen LogP contribution in [-0.2, 0) is 0 Å². The van der Waals surface area contributed by atoms with E-state index in [1.165, 1.54) is 10.4 Å². The van der Waals surface area contributed by atoms with Gasteiger partial charge in [-0.05, 0) is 41.3 Å². The Morgan fingerprint density at radius 2 is 1.88 bits per heavy atom. The summed E-state index contributed by atoms with van der Waals surface area (Å²) in [6.45, 7) is 0. The largest absolute Gasteiger partial charge is 0.329 e. The van der Waals surface area contributed by atoms with Crippen LogP contribution in [-0.4, -0.2) is 26.6 Å². The van der Waals surface area contributed by atoms with Crippen molar-refractivity contribution >= 4 is 39.5 Å². The van der Waals surface area contributed by atoms with Gasteiger partial charge in [0.1, 0.15) is 12.1 Å². The summed E-state index contributed by atoms with van der Waals surface area (Å²) in [5.74, 6) is 1.46. The Morgan fingerprint density at radius 1 is 1.00 bits per heavy atom. The minimum Gasteiger partial charge on any atom is -0.329 e. The number of nitrogens with zero attached hydrogens (tertiary/aromatic N) is 5. The van der Waals surface area contributed by atoms with Crippen LogP contribution in [0.2, 0.25) is 0 Å². The fourth-order valence-corrected chi connectivity index (χ4v) is 3.90. The maximum Gasteiger partial charge on any atom is 0.257 e. The first-order valence-electron chi connectivity index (χ1n) is 8.27. The Labute approximate surface area is 154 Å². The fourth-order valence-electron chi connectivity index (χ4n) is 3.18. The van der Waals surface area contributed by atoms with Gasteiger partial charge in [0.15, 0.2) is 0 Å². The third-order valence-corrected chi connectivity index (χ3v) is 5.42. The zero-order valence-corrected chi connectivity index (χ0v) is 14.9. The van der Waals surface area contributed by atoms with Crippen molar-refractivity contribution in [3.05, 3.63) is 72.4 Å². The van der Waals surface area contributed by atoms with Crippen LogP contribution in [0, 0.1) is 0 Å². The first-order chi connectivity index (χ1) is 12.8. The van der Waals surface area contributed by atoms with E-state index in [4.69, 9.17) is 4.98 Å². The van der Waals surface area contributed by atoms with Gasteiger partial charge in [-0.2, -0.15) is 4.98 Å². The zero-order chi connectivity index (χ0) is 17.5. The van der Waals surface area contributed by atoms with Crippen LogP contribution in [0.25, 0.3) is 27.1 Å². The van der Waals surface area contributed by atoms with Gasteiger partial charge in [0.25, 0.3) is 5.78 Å². The first-order valence-corrected chi connectivity index (χ1v) is 9.15. The summed E-state index contributed by atoms with van der Waals surface area (Å²) in [5, 5.41) is 11.4. The molecule has 3 aromatic heterocycles. The van der Waals surface area contributed by atoms with Gasteiger partial charge in [0.2, 0.25) is 0 Å². The Morgan fingerprint density at radius 3 is 2.69 bits per heavy atom. The molecule has 3 heterocycles. The molecule has 5 nitrogen and oxygen atoms in total. The van der Waals surface area contributed by atoms with Crippen LogP contribution in [0.4, 0.5) is 11.5 Å². The van der Waals surface area contributed by atoms with E-state index >= 15 is 0 Å². The third-order valence-electron chi connectivity index (χ3n) is 4.50. The summed E-state index contributed by atoms with van der Waals surface area (Å²) in [7, 11) is 2.02. The molecule has 6 heteroatoms. The highest BCUT2D eigenvalue weighted by Gasteiger charge is 2.15. The molecule has 2 aromatic carbocycles. The highest BCUT2D eigenvalue weighted by Crippen LogP contribution is 2.33. The van der Waals surface area contributed by atoms with Gasteiger partial charge in [-0.15, -0.1) is 21.5 Å². The minimum absolute atomic E-state index is 0.596. The SMILES string of the molecule is CN(c1ccccc1)c1nc2nncn2c2cc(-c3cccs3)ccc12. The molecule has 0 amide bonds. The zero-order valence-electron chi connectivity index (χ0n) is 14.1. The van der Waals surface area contributed by atoms with Crippen LogP contribution >= 0.6 is 11.3 Å². The smallest absolute Gasteiger partial charge is 0.257 e. The standard InChI is InChI=1S/C20H15N5S/c1-24(15-6-3-2-4-7-15)19-16-10-9-14(18-8-5-11-26-18)12-17(16)25-13-21-23-20(25)22-19/h2-13H,1H3. The molecule has 0 saturated heterocycles. The number of aromatic nitrogens is 4. The van der Waals surface area contributed by atoms with Crippen LogP contribution in [0.1, 0.15) is 0 Å². The van der Waals surface area contributed by atoms with Gasteiger partial charge in [0.05, 0.1) is 5.52 Å². The molecule has 0 bridgehead atoms. The molecule has 0 radical (unpaired) electrons. The molecule has 0 spiro atoms. The Kier molecular flexibility index (Phi) is 3.43. The summed E-state index contributed by atoms with van der Waals surface area (Å²) in [4.78, 5) is 8.07. The topological polar surface area (TPSA) is 46.3 Å². The van der Waals surface area contributed by atoms with Gasteiger partial charge < -0.3 is 4.90 Å². The molecular formula is C20H15N5S. The van der Waals surface area contributed by atoms with E-state index in [1.54, 1.807) is 17.7 Å². The Hall–Kier alpha value is -3.25. The number of rotatable bonds is 3. The second-order valence-electron chi connectivity index (χ2n) is 6.04. The molecule has 0 aliphatic heterocycles. The molecule has 0 aliphatic carbocycles. The van der Waals surface area contributed by atoms with Gasteiger partial charge in [-0.3, -0.25) is 4.40 Å². The van der Waals surface area contributed by atoms with E-state index in [1.807, 2.05) is 29.6 Å². The van der Waals surface area contributed by atoms with Crippen molar-refractivity contribution in [1.29, 1.82) is 0 Å². The second-order valence-corrected chi connectivity index (χ2v) is 6.99. The van der Waals surface area contributed by atoms with E-state index in [2.05, 4.69) is 62.9 Å². The lowest BCUT2D eigenvalue weighted by atomic mass is 10.1. The van der Waals surface area contributed by atoms with Crippen molar-refractivity contribution in [1.82, 2.24) is 19.6 Å². The van der Waals surface area contributed by atoms with E-state index in [-0.39, 0.29) is 0 Å². The van der Waals surface area contributed by atoms with E-state index < -0.39 is 0 Å². The maximum atomic E-state index is 4.75. The first kappa shape index (κ1) is 15.0. The molecule has 0 N–H and O–H groups in total. The molecule has 26 heavy (non-hydrogen) atoms. The molecule has 0 saturated carbocycles. The summed E-state index contributed by atoms with van der Waals surface area (Å²) < 4.78 is 1.94. The molecule has 0 unspecified atom stereocenters. The van der Waals surface area contributed by atoms with Gasteiger partial charge >= 0.3 is 0 Å². The fraction of sp³-hybridized carbons (Fsp3) is 0.0500. The quantitative estimate of drug-likeness (QED) is 0.466. The van der Waals surface area contributed by atoms with Crippen LogP contribution in [0.5, 0.6) is 0 Å². The summed E-state index contributed by atoms with van der Waals surface area (Å²) in [6.07, 6.45) is 1.72. The van der Waals surface area contributed by atoms with E-state index in [0.29, 0.717) is 5.78 Å². The number of thiophene rings is 1. The summed E-state index contributed by atoms with van der Waals surface area (Å²) >= 11 is 1.73. The summed E-state index contributed by atoms with van der Waals surface area (Å²) in [5.41, 5.74) is 3.30. The van der Waals surface area contributed by atoms with Gasteiger partial charge in [0, 0.05) is 23.0 Å². The lowest BCUT2D eigenvalue weighted by Crippen LogP contribution is -2.12. The second kappa shape index (κ2) is 5.93. The Balaban J connectivity index is 1.78. The number of fused-ring (bicyclic) bond motifs is 3. The number of benzene rings is 2. The normalized spacial score (nSPS) is 11.3. The van der Waals surface area contributed by atoms with Gasteiger partial charge in [-0.1, -0.05) is 30.3 Å². The lowest BCUT2D eigenvalue weighted by molar-refractivity contribution is 1.08. The Bertz CT molecular complexity index is 1200. The average Bonchev–Trinajstić information content (AvgIpc) is 3.39. The molecule has 5 aromatic rings.